The summed E-state index contributed by atoms with van der Waals surface area (Å²) >= 11 is 0. The molecule has 0 fully saturated rings. The Morgan fingerprint density at radius 1 is 1.15 bits per heavy atom. The molecule has 0 saturated carbocycles. The fourth-order valence-electron chi connectivity index (χ4n) is 3.50. The third-order valence-electron chi connectivity index (χ3n) is 4.84. The predicted octanol–water partition coefficient (Wildman–Crippen LogP) is 1.54. The van der Waals surface area contributed by atoms with Crippen molar-refractivity contribution in [2.24, 2.45) is 0 Å². The number of fused-ring (bicyclic) bond motifs is 2. The van der Waals surface area contributed by atoms with Gasteiger partial charge in [-0.25, -0.2) is 9.67 Å². The summed E-state index contributed by atoms with van der Waals surface area (Å²) in [5, 5.41) is 8.85. The third kappa shape index (κ3) is 2.66. The molecule has 0 bridgehead atoms. The molecule has 0 atom stereocenters. The van der Waals surface area contributed by atoms with Crippen molar-refractivity contribution >= 4 is 11.5 Å². The number of anilines is 1. The van der Waals surface area contributed by atoms with Gasteiger partial charge in [0.2, 0.25) is 0 Å². The highest BCUT2D eigenvalue weighted by atomic mass is 16.1. The first-order valence-electron chi connectivity index (χ1n) is 8.77. The maximum atomic E-state index is 12.1. The molecule has 0 aliphatic carbocycles. The van der Waals surface area contributed by atoms with E-state index in [1.54, 1.807) is 10.9 Å². The topological polar surface area (TPSA) is 81.2 Å². The van der Waals surface area contributed by atoms with Crippen LogP contribution in [0.25, 0.3) is 11.3 Å². The maximum absolute atomic E-state index is 12.1. The van der Waals surface area contributed by atoms with Crippen molar-refractivity contribution in [2.45, 2.75) is 19.9 Å². The highest BCUT2D eigenvalue weighted by molar-refractivity contribution is 5.54. The van der Waals surface area contributed by atoms with E-state index in [4.69, 9.17) is 0 Å². The fraction of sp³-hybridized carbons (Fsp3) is 0.211. The molecule has 1 aliphatic heterocycles. The van der Waals surface area contributed by atoms with E-state index in [-0.39, 0.29) is 5.56 Å². The van der Waals surface area contributed by atoms with Crippen LogP contribution < -0.4 is 10.5 Å². The smallest absolute Gasteiger partial charge is 0.274 e. The maximum Gasteiger partial charge on any atom is 0.274 e. The highest BCUT2D eigenvalue weighted by Crippen LogP contribution is 2.25. The minimum absolute atomic E-state index is 0.179. The van der Waals surface area contributed by atoms with Crippen molar-refractivity contribution in [3.8, 4) is 5.69 Å². The number of hydrogen-bond acceptors (Lipinski definition) is 6. The van der Waals surface area contributed by atoms with E-state index >= 15 is 0 Å². The van der Waals surface area contributed by atoms with E-state index in [1.807, 2.05) is 31.5 Å². The van der Waals surface area contributed by atoms with Gasteiger partial charge in [-0.15, -0.1) is 5.10 Å². The Hall–Kier alpha value is -3.55. The molecule has 5 heterocycles. The van der Waals surface area contributed by atoms with Gasteiger partial charge in [0.1, 0.15) is 0 Å². The van der Waals surface area contributed by atoms with Crippen LogP contribution in [-0.2, 0) is 13.0 Å². The second kappa shape index (κ2) is 6.01. The summed E-state index contributed by atoms with van der Waals surface area (Å²) in [6.07, 6.45) is 7.85. The lowest BCUT2D eigenvalue weighted by atomic mass is 10.0. The summed E-state index contributed by atoms with van der Waals surface area (Å²) in [6, 6.07) is 7.33. The lowest BCUT2D eigenvalue weighted by molar-refractivity contribution is 0.682. The molecule has 27 heavy (non-hydrogen) atoms. The quantitative estimate of drug-likeness (QED) is 0.540. The molecule has 8 nitrogen and oxygen atoms in total. The van der Waals surface area contributed by atoms with Crippen molar-refractivity contribution in [2.75, 3.05) is 11.4 Å². The van der Waals surface area contributed by atoms with Crippen LogP contribution in [0.3, 0.4) is 0 Å². The van der Waals surface area contributed by atoms with Gasteiger partial charge in [-0.05, 0) is 36.2 Å². The van der Waals surface area contributed by atoms with E-state index in [9.17, 15) is 4.79 Å². The summed E-state index contributed by atoms with van der Waals surface area (Å²) in [4.78, 5) is 23.2. The molecule has 1 aliphatic rings. The molecule has 8 heteroatoms. The monoisotopic (exact) mass is 359 g/mol. The van der Waals surface area contributed by atoms with E-state index in [0.29, 0.717) is 12.2 Å². The lowest BCUT2D eigenvalue weighted by Crippen LogP contribution is -2.33. The van der Waals surface area contributed by atoms with Crippen molar-refractivity contribution in [1.29, 1.82) is 0 Å². The van der Waals surface area contributed by atoms with E-state index < -0.39 is 0 Å². The Labute approximate surface area is 154 Å². The van der Waals surface area contributed by atoms with Gasteiger partial charge < -0.3 is 4.90 Å². The molecule has 4 aromatic heterocycles. The Morgan fingerprint density at radius 3 is 2.93 bits per heavy atom. The van der Waals surface area contributed by atoms with Gasteiger partial charge in [-0.1, -0.05) is 0 Å². The minimum atomic E-state index is -0.179. The van der Waals surface area contributed by atoms with Gasteiger partial charge in [0.25, 0.3) is 5.56 Å². The van der Waals surface area contributed by atoms with E-state index in [0.717, 1.165) is 41.3 Å². The van der Waals surface area contributed by atoms with Crippen LogP contribution in [0.2, 0.25) is 0 Å². The van der Waals surface area contributed by atoms with Crippen LogP contribution in [-0.4, -0.2) is 35.9 Å². The van der Waals surface area contributed by atoms with Crippen LogP contribution in [0.4, 0.5) is 5.82 Å². The minimum Gasteiger partial charge on any atom is -0.350 e. The summed E-state index contributed by atoms with van der Waals surface area (Å²) in [5.41, 5.74) is 4.55. The van der Waals surface area contributed by atoms with Crippen molar-refractivity contribution < 1.29 is 0 Å². The first kappa shape index (κ1) is 15.7. The summed E-state index contributed by atoms with van der Waals surface area (Å²) < 4.78 is 3.16. The molecule has 0 amide bonds. The largest absolute Gasteiger partial charge is 0.350 e. The SMILES string of the molecule is Cc1cc2nccc(=O)n2nc1N1CCc2ncc(-n3cccn3)cc2C1. The molecular formula is C19H17N7O. The molecule has 0 unspecified atom stereocenters. The van der Waals surface area contributed by atoms with Crippen LogP contribution >= 0.6 is 0 Å². The van der Waals surface area contributed by atoms with Gasteiger partial charge in [-0.2, -0.15) is 9.61 Å². The first-order chi connectivity index (χ1) is 13.2. The molecular weight excluding hydrogens is 342 g/mol. The Bertz CT molecular complexity index is 1200. The van der Waals surface area contributed by atoms with Crippen molar-refractivity contribution in [3.05, 3.63) is 76.2 Å². The molecule has 0 radical (unpaired) electrons. The number of aryl methyl sites for hydroxylation is 1. The molecule has 0 N–H and O–H groups in total. The third-order valence-corrected chi connectivity index (χ3v) is 4.84. The van der Waals surface area contributed by atoms with Gasteiger partial charge in [0, 0.05) is 49.9 Å². The zero-order valence-corrected chi connectivity index (χ0v) is 14.8. The number of hydrogen-bond donors (Lipinski definition) is 0. The molecule has 0 saturated heterocycles. The van der Waals surface area contributed by atoms with Gasteiger partial charge in [0.15, 0.2) is 11.5 Å². The fourth-order valence-corrected chi connectivity index (χ4v) is 3.50. The molecule has 0 aromatic carbocycles. The molecule has 5 rings (SSSR count). The van der Waals surface area contributed by atoms with Gasteiger partial charge in [0.05, 0.1) is 11.9 Å². The van der Waals surface area contributed by atoms with Crippen molar-refractivity contribution in [1.82, 2.24) is 29.4 Å². The van der Waals surface area contributed by atoms with Gasteiger partial charge >= 0.3 is 0 Å². The Balaban J connectivity index is 1.54. The summed E-state index contributed by atoms with van der Waals surface area (Å²) in [6.45, 7) is 3.48. The predicted molar refractivity (Wildman–Crippen MR) is 100 cm³/mol. The molecule has 0 spiro atoms. The average molecular weight is 359 g/mol. The first-order valence-corrected chi connectivity index (χ1v) is 8.77. The highest BCUT2D eigenvalue weighted by Gasteiger charge is 2.21. The summed E-state index contributed by atoms with van der Waals surface area (Å²) in [7, 11) is 0. The molecule has 134 valence electrons. The number of nitrogens with zero attached hydrogens (tertiary/aromatic N) is 7. The van der Waals surface area contributed by atoms with Crippen LogP contribution in [0.5, 0.6) is 0 Å². The van der Waals surface area contributed by atoms with E-state index in [1.165, 1.54) is 16.8 Å². The number of aromatic nitrogens is 6. The van der Waals surface area contributed by atoms with Crippen LogP contribution in [0, 0.1) is 6.92 Å². The van der Waals surface area contributed by atoms with Crippen LogP contribution in [0.15, 0.2) is 53.8 Å². The lowest BCUT2D eigenvalue weighted by Gasteiger charge is -2.30. The summed E-state index contributed by atoms with van der Waals surface area (Å²) in [5.74, 6) is 0.799. The Kier molecular flexibility index (Phi) is 3.49. The average Bonchev–Trinajstić information content (AvgIpc) is 3.22. The second-order valence-corrected chi connectivity index (χ2v) is 6.63. The van der Waals surface area contributed by atoms with Crippen LogP contribution in [0.1, 0.15) is 16.8 Å². The van der Waals surface area contributed by atoms with Crippen molar-refractivity contribution in [3.63, 3.8) is 0 Å². The normalized spacial score (nSPS) is 13.7. The number of rotatable bonds is 2. The zero-order valence-electron chi connectivity index (χ0n) is 14.8. The standard InChI is InChI=1S/C19H17N7O/c1-13-9-17-20-6-3-18(27)26(17)23-19(13)24-8-4-16-14(12-24)10-15(11-21-16)25-7-2-5-22-25/h2-3,5-7,9-11H,4,8,12H2,1H3. The van der Waals surface area contributed by atoms with Gasteiger partial charge in [-0.3, -0.25) is 9.78 Å². The zero-order chi connectivity index (χ0) is 18.4. The molecule has 4 aromatic rings. The second-order valence-electron chi connectivity index (χ2n) is 6.63. The van der Waals surface area contributed by atoms with E-state index in [2.05, 4.69) is 31.1 Å². The Morgan fingerprint density at radius 2 is 2.07 bits per heavy atom. The number of pyridine rings is 1.